The van der Waals surface area contributed by atoms with E-state index in [1.165, 1.54) is 17.2 Å². The lowest BCUT2D eigenvalue weighted by atomic mass is 9.95. The van der Waals surface area contributed by atoms with E-state index >= 15 is 0 Å². The Bertz CT molecular complexity index is 907. The fraction of sp³-hybridized carbons (Fsp3) is 0.364. The van der Waals surface area contributed by atoms with E-state index in [1.54, 1.807) is 19.1 Å². The number of hydrogen-bond acceptors (Lipinski definition) is 4. The second-order valence-electron chi connectivity index (χ2n) is 7.53. The van der Waals surface area contributed by atoms with E-state index in [0.29, 0.717) is 17.0 Å². The van der Waals surface area contributed by atoms with Gasteiger partial charge in [0, 0.05) is 23.7 Å². The summed E-state index contributed by atoms with van der Waals surface area (Å²) >= 11 is 5.91. The Morgan fingerprint density at radius 2 is 2.03 bits per heavy atom. The van der Waals surface area contributed by atoms with Gasteiger partial charge in [-0.2, -0.15) is 0 Å². The quantitative estimate of drug-likeness (QED) is 0.543. The van der Waals surface area contributed by atoms with Crippen molar-refractivity contribution in [3.05, 3.63) is 64.2 Å². The van der Waals surface area contributed by atoms with Crippen LogP contribution in [0.2, 0.25) is 5.02 Å². The first kappa shape index (κ1) is 24.0. The summed E-state index contributed by atoms with van der Waals surface area (Å²) in [5.74, 6) is -0.177. The van der Waals surface area contributed by atoms with Crippen LogP contribution in [0, 0.1) is 6.92 Å². The summed E-state index contributed by atoms with van der Waals surface area (Å²) < 4.78 is 0. The number of aromatic hydroxyl groups is 1. The Kier molecular flexibility index (Phi) is 8.53. The first-order chi connectivity index (χ1) is 13.8. The third-order valence-corrected chi connectivity index (χ3v) is 5.44. The average Bonchev–Trinajstić information content (AvgIpc) is 3.19. The van der Waals surface area contributed by atoms with Crippen LogP contribution in [0.5, 0.6) is 5.75 Å². The largest absolute Gasteiger partial charge is 0.508 e. The van der Waals surface area contributed by atoms with Crippen molar-refractivity contribution >= 4 is 35.8 Å². The Morgan fingerprint density at radius 1 is 1.27 bits per heavy atom. The molecule has 2 aromatic carbocycles. The molecule has 30 heavy (non-hydrogen) atoms. The molecular formula is C22H27Cl2N3O3. The highest BCUT2D eigenvalue weighted by Gasteiger charge is 2.31. The second-order valence-corrected chi connectivity index (χ2v) is 7.97. The van der Waals surface area contributed by atoms with E-state index in [4.69, 9.17) is 11.6 Å². The van der Waals surface area contributed by atoms with Crippen LogP contribution in [0.25, 0.3) is 0 Å². The number of halogens is 2. The van der Waals surface area contributed by atoms with Gasteiger partial charge in [-0.25, -0.2) is 0 Å². The van der Waals surface area contributed by atoms with Gasteiger partial charge in [0.05, 0.1) is 6.04 Å². The number of aryl methyl sites for hydroxylation is 1. The van der Waals surface area contributed by atoms with Gasteiger partial charge in [0.1, 0.15) is 11.8 Å². The molecule has 1 saturated heterocycles. The third-order valence-electron chi connectivity index (χ3n) is 5.21. The number of amides is 2. The number of phenols is 1. The normalized spacial score (nSPS) is 18.9. The molecule has 2 aromatic rings. The summed E-state index contributed by atoms with van der Waals surface area (Å²) in [6.07, 6.45) is 0.694. The van der Waals surface area contributed by atoms with Gasteiger partial charge in [0.15, 0.2) is 0 Å². The fourth-order valence-electron chi connectivity index (χ4n) is 3.52. The molecule has 8 heteroatoms. The molecule has 0 bridgehead atoms. The Balaban J connectivity index is 0.00000320. The van der Waals surface area contributed by atoms with Crippen LogP contribution in [0.3, 0.4) is 0 Å². The predicted octanol–water partition coefficient (Wildman–Crippen LogP) is 3.04. The first-order valence-electron chi connectivity index (χ1n) is 9.69. The standard InChI is InChI=1S/C22H26ClN3O3.ClH/c1-13-4-3-5-15(8-13)16-10-19(24-11-16)22(29)26-14(2)21(28)25-12-17-9-18(23)6-7-20(17)27;/h3-9,14,16,19,24,27H,10-12H2,1-2H3,(H,25,28)(H,26,29);1H/t14-,16+,19+;/m0./s1. The zero-order chi connectivity index (χ0) is 21.0. The maximum absolute atomic E-state index is 12.6. The zero-order valence-corrected chi connectivity index (χ0v) is 18.5. The molecular weight excluding hydrogens is 425 g/mol. The lowest BCUT2D eigenvalue weighted by molar-refractivity contribution is -0.129. The van der Waals surface area contributed by atoms with Gasteiger partial charge in [-0.05, 0) is 49.9 Å². The Morgan fingerprint density at radius 3 is 2.77 bits per heavy atom. The molecule has 2 amide bonds. The summed E-state index contributed by atoms with van der Waals surface area (Å²) in [4.78, 5) is 24.9. The van der Waals surface area contributed by atoms with Crippen LogP contribution in [0.15, 0.2) is 42.5 Å². The molecule has 0 spiro atoms. The lowest BCUT2D eigenvalue weighted by Crippen LogP contribution is -2.49. The summed E-state index contributed by atoms with van der Waals surface area (Å²) in [5.41, 5.74) is 2.94. The average molecular weight is 452 g/mol. The van der Waals surface area contributed by atoms with Crippen molar-refractivity contribution in [3.63, 3.8) is 0 Å². The van der Waals surface area contributed by atoms with Crippen molar-refractivity contribution in [2.45, 2.75) is 44.8 Å². The monoisotopic (exact) mass is 451 g/mol. The highest BCUT2D eigenvalue weighted by Crippen LogP contribution is 2.26. The van der Waals surface area contributed by atoms with E-state index in [9.17, 15) is 14.7 Å². The molecule has 0 radical (unpaired) electrons. The van der Waals surface area contributed by atoms with E-state index in [0.717, 1.165) is 6.54 Å². The van der Waals surface area contributed by atoms with Crippen LogP contribution >= 0.6 is 24.0 Å². The van der Waals surface area contributed by atoms with Crippen LogP contribution in [-0.4, -0.2) is 35.5 Å². The maximum atomic E-state index is 12.6. The van der Waals surface area contributed by atoms with Gasteiger partial charge in [-0.3, -0.25) is 9.59 Å². The summed E-state index contributed by atoms with van der Waals surface area (Å²) in [6, 6.07) is 11.9. The smallest absolute Gasteiger partial charge is 0.242 e. The molecule has 3 atom stereocenters. The lowest BCUT2D eigenvalue weighted by Gasteiger charge is -2.17. The number of carbonyl (C=O) groups excluding carboxylic acids is 2. The molecule has 0 aromatic heterocycles. The minimum atomic E-state index is -0.691. The Hall–Kier alpha value is -2.28. The number of phenolic OH excluding ortho intramolecular Hbond substituents is 1. The molecule has 4 N–H and O–H groups in total. The highest BCUT2D eigenvalue weighted by atomic mass is 35.5. The maximum Gasteiger partial charge on any atom is 0.242 e. The number of carbonyl (C=O) groups is 2. The van der Waals surface area contributed by atoms with Gasteiger partial charge in [-0.15, -0.1) is 12.4 Å². The van der Waals surface area contributed by atoms with Crippen molar-refractivity contribution < 1.29 is 14.7 Å². The molecule has 0 saturated carbocycles. The number of benzene rings is 2. The van der Waals surface area contributed by atoms with Crippen molar-refractivity contribution in [3.8, 4) is 5.75 Å². The minimum absolute atomic E-state index is 0. The van der Waals surface area contributed by atoms with Crippen molar-refractivity contribution in [1.82, 2.24) is 16.0 Å². The molecule has 0 aliphatic carbocycles. The Labute approximate surface area is 187 Å². The molecule has 162 valence electrons. The molecule has 6 nitrogen and oxygen atoms in total. The summed E-state index contributed by atoms with van der Waals surface area (Å²) in [6.45, 7) is 4.55. The minimum Gasteiger partial charge on any atom is -0.508 e. The third kappa shape index (κ3) is 6.11. The van der Waals surface area contributed by atoms with Crippen LogP contribution in [0.4, 0.5) is 0 Å². The van der Waals surface area contributed by atoms with E-state index in [2.05, 4.69) is 41.1 Å². The summed E-state index contributed by atoms with van der Waals surface area (Å²) in [7, 11) is 0. The van der Waals surface area contributed by atoms with Crippen molar-refractivity contribution in [2.24, 2.45) is 0 Å². The molecule has 3 rings (SSSR count). The van der Waals surface area contributed by atoms with Gasteiger partial charge >= 0.3 is 0 Å². The van der Waals surface area contributed by atoms with Crippen LogP contribution < -0.4 is 16.0 Å². The zero-order valence-electron chi connectivity index (χ0n) is 16.9. The molecule has 1 fully saturated rings. The van der Waals surface area contributed by atoms with Crippen molar-refractivity contribution in [1.29, 1.82) is 0 Å². The second kappa shape index (κ2) is 10.7. The highest BCUT2D eigenvalue weighted by molar-refractivity contribution is 6.30. The molecule has 0 unspecified atom stereocenters. The molecule has 1 aliphatic rings. The summed E-state index contributed by atoms with van der Waals surface area (Å²) in [5, 5.41) is 19.0. The predicted molar refractivity (Wildman–Crippen MR) is 120 cm³/mol. The van der Waals surface area contributed by atoms with Crippen LogP contribution in [-0.2, 0) is 16.1 Å². The number of hydrogen-bond donors (Lipinski definition) is 4. The first-order valence-corrected chi connectivity index (χ1v) is 10.1. The van der Waals surface area contributed by atoms with Gasteiger partial charge in [-0.1, -0.05) is 41.4 Å². The van der Waals surface area contributed by atoms with Crippen LogP contribution in [0.1, 0.15) is 36.0 Å². The SMILES string of the molecule is Cc1cccc([C@H]2CN[C@@H](C(=O)N[C@@H](C)C(=O)NCc3cc(Cl)ccc3O)C2)c1.Cl. The van der Waals surface area contributed by atoms with E-state index in [1.807, 2.05) is 6.07 Å². The van der Waals surface area contributed by atoms with E-state index < -0.39 is 6.04 Å². The number of rotatable bonds is 6. The van der Waals surface area contributed by atoms with Gasteiger partial charge < -0.3 is 21.1 Å². The fourth-order valence-corrected chi connectivity index (χ4v) is 3.72. The van der Waals surface area contributed by atoms with Gasteiger partial charge in [0.2, 0.25) is 11.8 Å². The van der Waals surface area contributed by atoms with E-state index in [-0.39, 0.29) is 48.5 Å². The van der Waals surface area contributed by atoms with Crippen molar-refractivity contribution in [2.75, 3.05) is 6.54 Å². The van der Waals surface area contributed by atoms with Gasteiger partial charge in [0.25, 0.3) is 0 Å². The topological polar surface area (TPSA) is 90.5 Å². The molecule has 1 aliphatic heterocycles. The number of nitrogens with one attached hydrogen (secondary N) is 3. The molecule has 1 heterocycles.